The second kappa shape index (κ2) is 6.18. The number of carbonyl (C=O) groups is 2. The Hall–Kier alpha value is -2.68. The molecule has 0 heterocycles. The first-order valence-corrected chi connectivity index (χ1v) is 6.68. The quantitative estimate of drug-likeness (QED) is 0.404. The molecule has 2 aromatic rings. The molecular formula is C18H17NO2. The standard InChI is InChI=1S/C18H17NO2/c1-12(20)17(13(2)21)18(14-8-4-3-5-9-14)15-10-6-7-11-16(15)19/h3-11H,19H2,1-2H3. The van der Waals surface area contributed by atoms with Crippen molar-refractivity contribution in [3.05, 3.63) is 71.3 Å². The minimum absolute atomic E-state index is 0.180. The van der Waals surface area contributed by atoms with E-state index in [1.165, 1.54) is 13.8 Å². The minimum Gasteiger partial charge on any atom is -0.398 e. The second-order valence-corrected chi connectivity index (χ2v) is 4.82. The molecule has 2 rings (SSSR count). The number of ketones is 2. The van der Waals surface area contributed by atoms with Crippen LogP contribution in [0.4, 0.5) is 5.69 Å². The molecule has 21 heavy (non-hydrogen) atoms. The molecule has 0 radical (unpaired) electrons. The fourth-order valence-corrected chi connectivity index (χ4v) is 2.36. The summed E-state index contributed by atoms with van der Waals surface area (Å²) in [6.07, 6.45) is 0. The lowest BCUT2D eigenvalue weighted by molar-refractivity contribution is -0.119. The van der Waals surface area contributed by atoms with Crippen molar-refractivity contribution in [1.29, 1.82) is 0 Å². The average molecular weight is 279 g/mol. The summed E-state index contributed by atoms with van der Waals surface area (Å²) < 4.78 is 0. The molecule has 0 aliphatic rings. The number of hydrogen-bond acceptors (Lipinski definition) is 3. The van der Waals surface area contributed by atoms with Crippen molar-refractivity contribution in [2.75, 3.05) is 5.73 Å². The van der Waals surface area contributed by atoms with Gasteiger partial charge in [-0.25, -0.2) is 0 Å². The van der Waals surface area contributed by atoms with Gasteiger partial charge in [0.25, 0.3) is 0 Å². The zero-order valence-electron chi connectivity index (χ0n) is 12.1. The normalized spacial score (nSPS) is 10.0. The zero-order valence-corrected chi connectivity index (χ0v) is 12.1. The number of anilines is 1. The van der Waals surface area contributed by atoms with Gasteiger partial charge in [0.05, 0.1) is 5.57 Å². The van der Waals surface area contributed by atoms with E-state index in [0.717, 1.165) is 5.56 Å². The molecule has 0 aliphatic heterocycles. The van der Waals surface area contributed by atoms with Gasteiger partial charge in [0.2, 0.25) is 0 Å². The number of hydrogen-bond donors (Lipinski definition) is 1. The Labute approximate surface area is 124 Å². The number of para-hydroxylation sites is 1. The Morgan fingerprint density at radius 3 is 1.86 bits per heavy atom. The van der Waals surface area contributed by atoms with Crippen molar-refractivity contribution in [1.82, 2.24) is 0 Å². The number of nitrogen functional groups attached to an aromatic ring is 1. The highest BCUT2D eigenvalue weighted by Crippen LogP contribution is 2.31. The van der Waals surface area contributed by atoms with Gasteiger partial charge in [-0.3, -0.25) is 9.59 Å². The van der Waals surface area contributed by atoms with Crippen molar-refractivity contribution in [3.63, 3.8) is 0 Å². The number of carbonyl (C=O) groups excluding carboxylic acids is 2. The minimum atomic E-state index is -0.260. The van der Waals surface area contributed by atoms with E-state index in [-0.39, 0.29) is 17.1 Å². The van der Waals surface area contributed by atoms with E-state index in [1.54, 1.807) is 6.07 Å². The van der Waals surface area contributed by atoms with Crippen LogP contribution in [0.15, 0.2) is 60.2 Å². The molecule has 0 atom stereocenters. The van der Waals surface area contributed by atoms with Crippen LogP contribution >= 0.6 is 0 Å². The third-order valence-electron chi connectivity index (χ3n) is 3.25. The van der Waals surface area contributed by atoms with Crippen LogP contribution in [-0.4, -0.2) is 11.6 Å². The van der Waals surface area contributed by atoms with Gasteiger partial charge in [0.15, 0.2) is 11.6 Å². The van der Waals surface area contributed by atoms with Gasteiger partial charge in [0, 0.05) is 16.8 Å². The number of rotatable bonds is 4. The van der Waals surface area contributed by atoms with E-state index in [4.69, 9.17) is 5.73 Å². The first-order chi connectivity index (χ1) is 10.0. The summed E-state index contributed by atoms with van der Waals surface area (Å²) in [7, 11) is 0. The molecule has 2 N–H and O–H groups in total. The monoisotopic (exact) mass is 279 g/mol. The van der Waals surface area contributed by atoms with E-state index in [0.29, 0.717) is 16.8 Å². The summed E-state index contributed by atoms with van der Waals surface area (Å²) >= 11 is 0. The third kappa shape index (κ3) is 3.08. The molecule has 0 fully saturated rings. The number of allylic oxidation sites excluding steroid dienone is 1. The zero-order chi connectivity index (χ0) is 15.4. The maximum atomic E-state index is 12.0. The Bertz CT molecular complexity index is 699. The van der Waals surface area contributed by atoms with Crippen LogP contribution in [0.2, 0.25) is 0 Å². The van der Waals surface area contributed by atoms with Gasteiger partial charge in [0.1, 0.15) is 0 Å². The highest BCUT2D eigenvalue weighted by Gasteiger charge is 2.20. The lowest BCUT2D eigenvalue weighted by Gasteiger charge is -2.14. The summed E-state index contributed by atoms with van der Waals surface area (Å²) in [6.45, 7) is 2.80. The molecule has 0 bridgehead atoms. The van der Waals surface area contributed by atoms with E-state index < -0.39 is 0 Å². The first-order valence-electron chi connectivity index (χ1n) is 6.68. The number of Topliss-reactive ketones (excluding diaryl/α,β-unsaturated/α-hetero) is 2. The summed E-state index contributed by atoms with van der Waals surface area (Å²) in [5.41, 5.74) is 8.85. The molecule has 3 nitrogen and oxygen atoms in total. The van der Waals surface area contributed by atoms with Crippen molar-refractivity contribution in [3.8, 4) is 0 Å². The highest BCUT2D eigenvalue weighted by molar-refractivity contribution is 6.25. The lowest BCUT2D eigenvalue weighted by Crippen LogP contribution is -2.11. The van der Waals surface area contributed by atoms with Crippen molar-refractivity contribution < 1.29 is 9.59 Å². The molecule has 0 saturated carbocycles. The topological polar surface area (TPSA) is 60.2 Å². The summed E-state index contributed by atoms with van der Waals surface area (Å²) in [5, 5.41) is 0. The van der Waals surface area contributed by atoms with E-state index >= 15 is 0 Å². The molecule has 0 aliphatic carbocycles. The van der Waals surface area contributed by atoms with Crippen LogP contribution < -0.4 is 5.73 Å². The molecule has 106 valence electrons. The third-order valence-corrected chi connectivity index (χ3v) is 3.25. The summed E-state index contributed by atoms with van der Waals surface area (Å²) in [4.78, 5) is 23.9. The Kier molecular flexibility index (Phi) is 4.33. The second-order valence-electron chi connectivity index (χ2n) is 4.82. The Balaban J connectivity index is 2.84. The van der Waals surface area contributed by atoms with Gasteiger partial charge in [-0.15, -0.1) is 0 Å². The van der Waals surface area contributed by atoms with Crippen LogP contribution in [0, 0.1) is 0 Å². The Morgan fingerprint density at radius 2 is 1.33 bits per heavy atom. The van der Waals surface area contributed by atoms with E-state index in [9.17, 15) is 9.59 Å². The largest absolute Gasteiger partial charge is 0.398 e. The molecule has 0 aromatic heterocycles. The average Bonchev–Trinajstić information content (AvgIpc) is 2.45. The SMILES string of the molecule is CC(=O)C(C(C)=O)=C(c1ccccc1)c1ccccc1N. The molecule has 3 heteroatoms. The van der Waals surface area contributed by atoms with Crippen LogP contribution in [0.25, 0.3) is 5.57 Å². The highest BCUT2D eigenvalue weighted by atomic mass is 16.1. The van der Waals surface area contributed by atoms with Crippen LogP contribution in [0.3, 0.4) is 0 Å². The molecule has 0 amide bonds. The predicted molar refractivity (Wildman–Crippen MR) is 84.7 cm³/mol. The Morgan fingerprint density at radius 1 is 0.810 bits per heavy atom. The lowest BCUT2D eigenvalue weighted by atomic mass is 9.89. The van der Waals surface area contributed by atoms with Crippen LogP contribution in [0.5, 0.6) is 0 Å². The molecule has 2 aromatic carbocycles. The number of benzene rings is 2. The molecule has 0 saturated heterocycles. The maximum Gasteiger partial charge on any atom is 0.164 e. The van der Waals surface area contributed by atoms with E-state index in [2.05, 4.69) is 0 Å². The van der Waals surface area contributed by atoms with Crippen molar-refractivity contribution in [2.45, 2.75) is 13.8 Å². The fraction of sp³-hybridized carbons (Fsp3) is 0.111. The number of nitrogens with two attached hydrogens (primary N) is 1. The van der Waals surface area contributed by atoms with Gasteiger partial charge >= 0.3 is 0 Å². The molecule has 0 spiro atoms. The van der Waals surface area contributed by atoms with Gasteiger partial charge in [-0.05, 0) is 25.5 Å². The van der Waals surface area contributed by atoms with Crippen molar-refractivity contribution in [2.24, 2.45) is 0 Å². The van der Waals surface area contributed by atoms with Gasteiger partial charge < -0.3 is 5.73 Å². The maximum absolute atomic E-state index is 12.0. The van der Waals surface area contributed by atoms with Crippen LogP contribution in [-0.2, 0) is 9.59 Å². The summed E-state index contributed by atoms with van der Waals surface area (Å²) in [6, 6.07) is 16.6. The molecular weight excluding hydrogens is 262 g/mol. The summed E-state index contributed by atoms with van der Waals surface area (Å²) in [5.74, 6) is -0.519. The predicted octanol–water partition coefficient (Wildman–Crippen LogP) is 3.25. The fourth-order valence-electron chi connectivity index (χ4n) is 2.36. The van der Waals surface area contributed by atoms with Gasteiger partial charge in [-0.2, -0.15) is 0 Å². The van der Waals surface area contributed by atoms with Crippen molar-refractivity contribution >= 4 is 22.8 Å². The van der Waals surface area contributed by atoms with Crippen LogP contribution in [0.1, 0.15) is 25.0 Å². The first kappa shape index (κ1) is 14.7. The smallest absolute Gasteiger partial charge is 0.164 e. The van der Waals surface area contributed by atoms with E-state index in [1.807, 2.05) is 48.5 Å². The molecule has 0 unspecified atom stereocenters. The van der Waals surface area contributed by atoms with Gasteiger partial charge in [-0.1, -0.05) is 48.5 Å².